The molecule has 0 saturated heterocycles. The average molecular weight is 348 g/mol. The summed E-state index contributed by atoms with van der Waals surface area (Å²) in [4.78, 5) is 14.0. The standard InChI is InChI=1S/C17H20N2O4S/c1-3-17(20)19-12(2)9-13-10-15(6-7-16(13)19)24(21,22)18-11-14-5-4-8-23-14/h4-8,10,12,18H,3,9,11H2,1-2H3/t12-/m1/s1. The molecule has 1 aliphatic rings. The van der Waals surface area contributed by atoms with Crippen molar-refractivity contribution in [3.05, 3.63) is 47.9 Å². The highest BCUT2D eigenvalue weighted by Crippen LogP contribution is 2.34. The van der Waals surface area contributed by atoms with Gasteiger partial charge in [0.1, 0.15) is 5.76 Å². The molecule has 1 N–H and O–H groups in total. The molecule has 0 saturated carbocycles. The third kappa shape index (κ3) is 3.09. The number of hydrogen-bond acceptors (Lipinski definition) is 4. The maximum atomic E-state index is 12.4. The van der Waals surface area contributed by atoms with Crippen LogP contribution in [0.3, 0.4) is 0 Å². The molecule has 0 aliphatic carbocycles. The third-order valence-corrected chi connectivity index (χ3v) is 5.56. The first-order chi connectivity index (χ1) is 11.4. The van der Waals surface area contributed by atoms with E-state index in [-0.39, 0.29) is 23.4 Å². The Hall–Kier alpha value is -2.12. The SMILES string of the molecule is CCC(=O)N1c2ccc(S(=O)(=O)NCc3ccco3)cc2C[C@H]1C. The lowest BCUT2D eigenvalue weighted by molar-refractivity contribution is -0.118. The quantitative estimate of drug-likeness (QED) is 0.900. The summed E-state index contributed by atoms with van der Waals surface area (Å²) in [6.45, 7) is 3.89. The summed E-state index contributed by atoms with van der Waals surface area (Å²) >= 11 is 0. The number of hydrogen-bond donors (Lipinski definition) is 1. The summed E-state index contributed by atoms with van der Waals surface area (Å²) in [5, 5.41) is 0. The lowest BCUT2D eigenvalue weighted by Gasteiger charge is -2.22. The normalized spacial score (nSPS) is 17.1. The first-order valence-electron chi connectivity index (χ1n) is 7.89. The van der Waals surface area contributed by atoms with Gasteiger partial charge in [-0.2, -0.15) is 0 Å². The Kier molecular flexibility index (Phi) is 4.47. The van der Waals surface area contributed by atoms with Gasteiger partial charge in [0.2, 0.25) is 15.9 Å². The number of carbonyl (C=O) groups is 1. The van der Waals surface area contributed by atoms with E-state index in [1.54, 1.807) is 29.2 Å². The zero-order valence-electron chi connectivity index (χ0n) is 13.7. The van der Waals surface area contributed by atoms with Gasteiger partial charge in [-0.25, -0.2) is 13.1 Å². The van der Waals surface area contributed by atoms with Crippen LogP contribution < -0.4 is 9.62 Å². The second-order valence-electron chi connectivity index (χ2n) is 5.86. The van der Waals surface area contributed by atoms with Gasteiger partial charge in [0.15, 0.2) is 0 Å². The van der Waals surface area contributed by atoms with Gasteiger partial charge in [-0.15, -0.1) is 0 Å². The van der Waals surface area contributed by atoms with Gasteiger partial charge in [-0.05, 0) is 49.2 Å². The third-order valence-electron chi connectivity index (χ3n) is 4.16. The monoisotopic (exact) mass is 348 g/mol. The highest BCUT2D eigenvalue weighted by atomic mass is 32.2. The molecule has 0 fully saturated rings. The Bertz CT molecular complexity index is 843. The molecule has 0 spiro atoms. The molecule has 2 aromatic rings. The molecule has 24 heavy (non-hydrogen) atoms. The largest absolute Gasteiger partial charge is 0.468 e. The predicted octanol–water partition coefficient (Wildman–Crippen LogP) is 2.45. The van der Waals surface area contributed by atoms with Crippen LogP contribution in [-0.4, -0.2) is 20.4 Å². The van der Waals surface area contributed by atoms with E-state index in [4.69, 9.17) is 4.42 Å². The van der Waals surface area contributed by atoms with Crippen molar-refractivity contribution in [3.8, 4) is 0 Å². The second kappa shape index (κ2) is 6.41. The van der Waals surface area contributed by atoms with Crippen LogP contribution in [0.1, 0.15) is 31.6 Å². The predicted molar refractivity (Wildman–Crippen MR) is 90.1 cm³/mol. The van der Waals surface area contributed by atoms with Crippen molar-refractivity contribution in [2.45, 2.75) is 44.2 Å². The first kappa shape index (κ1) is 16.7. The van der Waals surface area contributed by atoms with Crippen LogP contribution in [0.4, 0.5) is 5.69 Å². The van der Waals surface area contributed by atoms with E-state index >= 15 is 0 Å². The number of carbonyl (C=O) groups excluding carboxylic acids is 1. The highest BCUT2D eigenvalue weighted by molar-refractivity contribution is 7.89. The van der Waals surface area contributed by atoms with Crippen molar-refractivity contribution < 1.29 is 17.6 Å². The van der Waals surface area contributed by atoms with Gasteiger partial charge < -0.3 is 9.32 Å². The molecule has 1 aromatic heterocycles. The summed E-state index contributed by atoms with van der Waals surface area (Å²) < 4.78 is 32.6. The molecule has 1 aliphatic heterocycles. The average Bonchev–Trinajstić information content (AvgIpc) is 3.18. The number of benzene rings is 1. The van der Waals surface area contributed by atoms with Gasteiger partial charge in [0.05, 0.1) is 17.7 Å². The van der Waals surface area contributed by atoms with Gasteiger partial charge in [-0.1, -0.05) is 6.92 Å². The fourth-order valence-corrected chi connectivity index (χ4v) is 4.03. The Morgan fingerprint density at radius 3 is 2.83 bits per heavy atom. The fraction of sp³-hybridized carbons (Fsp3) is 0.353. The zero-order valence-corrected chi connectivity index (χ0v) is 14.5. The van der Waals surface area contributed by atoms with E-state index in [0.29, 0.717) is 18.6 Å². The van der Waals surface area contributed by atoms with Crippen LogP contribution in [0, 0.1) is 0 Å². The maximum absolute atomic E-state index is 12.4. The van der Waals surface area contributed by atoms with Gasteiger partial charge in [-0.3, -0.25) is 4.79 Å². The summed E-state index contributed by atoms with van der Waals surface area (Å²) in [5.41, 5.74) is 1.68. The number of anilines is 1. The van der Waals surface area contributed by atoms with Crippen LogP contribution in [-0.2, 0) is 27.8 Å². The number of sulfonamides is 1. The molecule has 1 amide bonds. The highest BCUT2D eigenvalue weighted by Gasteiger charge is 2.31. The van der Waals surface area contributed by atoms with E-state index in [0.717, 1.165) is 11.3 Å². The summed E-state index contributed by atoms with van der Waals surface area (Å²) in [5.74, 6) is 0.598. The van der Waals surface area contributed by atoms with E-state index < -0.39 is 10.0 Å². The Labute approximate surface area is 141 Å². The van der Waals surface area contributed by atoms with Crippen LogP contribution in [0.5, 0.6) is 0 Å². The van der Waals surface area contributed by atoms with E-state index in [1.807, 2.05) is 13.8 Å². The van der Waals surface area contributed by atoms with Crippen LogP contribution in [0.25, 0.3) is 0 Å². The van der Waals surface area contributed by atoms with Crippen molar-refractivity contribution in [3.63, 3.8) is 0 Å². The van der Waals surface area contributed by atoms with Crippen molar-refractivity contribution in [2.24, 2.45) is 0 Å². The molecule has 2 heterocycles. The minimum Gasteiger partial charge on any atom is -0.468 e. The molecular weight excluding hydrogens is 328 g/mol. The molecule has 7 heteroatoms. The molecule has 1 atom stereocenters. The van der Waals surface area contributed by atoms with Gasteiger partial charge >= 0.3 is 0 Å². The summed E-state index contributed by atoms with van der Waals surface area (Å²) in [6.07, 6.45) is 2.58. The van der Waals surface area contributed by atoms with E-state index in [9.17, 15) is 13.2 Å². The molecule has 6 nitrogen and oxygen atoms in total. The van der Waals surface area contributed by atoms with Gasteiger partial charge in [0, 0.05) is 18.2 Å². The van der Waals surface area contributed by atoms with Gasteiger partial charge in [0.25, 0.3) is 0 Å². The van der Waals surface area contributed by atoms with Crippen molar-refractivity contribution in [1.29, 1.82) is 0 Å². The molecule has 0 unspecified atom stereocenters. The molecule has 1 aromatic carbocycles. The smallest absolute Gasteiger partial charge is 0.240 e. The molecular formula is C17H20N2O4S. The van der Waals surface area contributed by atoms with Crippen LogP contribution in [0.2, 0.25) is 0 Å². The minimum atomic E-state index is -3.63. The minimum absolute atomic E-state index is 0.0430. The number of fused-ring (bicyclic) bond motifs is 1. The summed E-state index contributed by atoms with van der Waals surface area (Å²) in [6, 6.07) is 8.37. The maximum Gasteiger partial charge on any atom is 0.240 e. The van der Waals surface area contributed by atoms with E-state index in [1.165, 1.54) is 12.3 Å². The topological polar surface area (TPSA) is 79.6 Å². The number of amides is 1. The Morgan fingerprint density at radius 2 is 2.17 bits per heavy atom. The summed E-state index contributed by atoms with van der Waals surface area (Å²) in [7, 11) is -3.63. The Morgan fingerprint density at radius 1 is 1.38 bits per heavy atom. The number of furan rings is 1. The lowest BCUT2D eigenvalue weighted by Crippen LogP contribution is -2.35. The van der Waals surface area contributed by atoms with Crippen LogP contribution in [0.15, 0.2) is 45.9 Å². The number of nitrogens with one attached hydrogen (secondary N) is 1. The van der Waals surface area contributed by atoms with E-state index in [2.05, 4.69) is 4.72 Å². The second-order valence-corrected chi connectivity index (χ2v) is 7.63. The number of rotatable bonds is 5. The Balaban J connectivity index is 1.84. The molecule has 0 radical (unpaired) electrons. The van der Waals surface area contributed by atoms with Crippen LogP contribution >= 0.6 is 0 Å². The van der Waals surface area contributed by atoms with Crippen molar-refractivity contribution in [2.75, 3.05) is 4.90 Å². The van der Waals surface area contributed by atoms with Crippen molar-refractivity contribution in [1.82, 2.24) is 4.72 Å². The number of nitrogens with zero attached hydrogens (tertiary/aromatic N) is 1. The van der Waals surface area contributed by atoms with Crippen molar-refractivity contribution >= 4 is 21.6 Å². The molecule has 0 bridgehead atoms. The molecule has 128 valence electrons. The molecule has 3 rings (SSSR count). The fourth-order valence-electron chi connectivity index (χ4n) is 2.99. The zero-order chi connectivity index (χ0) is 17.3. The first-order valence-corrected chi connectivity index (χ1v) is 9.37. The lowest BCUT2D eigenvalue weighted by atomic mass is 10.1.